The third kappa shape index (κ3) is 6.55. The minimum Gasteiger partial charge on any atom is -0.396 e. The van der Waals surface area contributed by atoms with Crippen LogP contribution in [0.2, 0.25) is 0 Å². The first-order valence-corrected chi connectivity index (χ1v) is 7.64. The van der Waals surface area contributed by atoms with Gasteiger partial charge in [0.25, 0.3) is 0 Å². The molecule has 3 heteroatoms. The Balaban J connectivity index is 2.33. The van der Waals surface area contributed by atoms with E-state index in [9.17, 15) is 5.11 Å². The van der Waals surface area contributed by atoms with E-state index in [2.05, 4.69) is 26.8 Å². The summed E-state index contributed by atoms with van der Waals surface area (Å²) in [6, 6.07) is 0. The summed E-state index contributed by atoms with van der Waals surface area (Å²) in [4.78, 5) is 0. The van der Waals surface area contributed by atoms with Gasteiger partial charge in [0.05, 0.1) is 18.3 Å². The van der Waals surface area contributed by atoms with Gasteiger partial charge in [-0.15, -0.1) is 0 Å². The van der Waals surface area contributed by atoms with E-state index in [0.717, 1.165) is 19.3 Å². The summed E-state index contributed by atoms with van der Waals surface area (Å²) >= 11 is 0. The zero-order valence-corrected chi connectivity index (χ0v) is 12.6. The molecule has 0 aromatic heterocycles. The number of allylic oxidation sites excluding steroid dienone is 1. The lowest BCUT2D eigenvalue weighted by molar-refractivity contribution is -0.0971. The highest BCUT2D eigenvalue weighted by Crippen LogP contribution is 2.28. The molecule has 0 bridgehead atoms. The van der Waals surface area contributed by atoms with Gasteiger partial charge < -0.3 is 14.9 Å². The van der Waals surface area contributed by atoms with Gasteiger partial charge in [-0.25, -0.2) is 0 Å². The molecule has 0 radical (unpaired) electrons. The van der Waals surface area contributed by atoms with Gasteiger partial charge in [-0.2, -0.15) is 0 Å². The fourth-order valence-electron chi connectivity index (χ4n) is 2.59. The number of hydrogen-bond acceptors (Lipinski definition) is 3. The molecular weight excluding hydrogens is 240 g/mol. The second-order valence-electron chi connectivity index (χ2n) is 6.22. The lowest BCUT2D eigenvalue weighted by Crippen LogP contribution is -2.36. The van der Waals surface area contributed by atoms with Crippen molar-refractivity contribution in [3.8, 4) is 0 Å². The van der Waals surface area contributed by atoms with E-state index in [1.165, 1.54) is 0 Å². The van der Waals surface area contributed by atoms with Gasteiger partial charge in [-0.05, 0) is 37.5 Å². The van der Waals surface area contributed by atoms with Crippen molar-refractivity contribution in [2.24, 2.45) is 11.8 Å². The van der Waals surface area contributed by atoms with Crippen LogP contribution < -0.4 is 0 Å². The first-order valence-electron chi connectivity index (χ1n) is 7.64. The summed E-state index contributed by atoms with van der Waals surface area (Å²) in [5.41, 5.74) is 0. The Morgan fingerprint density at radius 3 is 2.68 bits per heavy atom. The molecule has 1 heterocycles. The van der Waals surface area contributed by atoms with Crippen LogP contribution in [0.15, 0.2) is 12.2 Å². The number of ether oxygens (including phenoxy) is 1. The van der Waals surface area contributed by atoms with E-state index in [0.29, 0.717) is 24.7 Å². The summed E-state index contributed by atoms with van der Waals surface area (Å²) in [5, 5.41) is 19.0. The van der Waals surface area contributed by atoms with Crippen molar-refractivity contribution in [1.82, 2.24) is 0 Å². The summed E-state index contributed by atoms with van der Waals surface area (Å²) in [6.45, 7) is 6.69. The van der Waals surface area contributed by atoms with Crippen LogP contribution in [0.3, 0.4) is 0 Å². The molecule has 0 saturated carbocycles. The minimum atomic E-state index is -0.410. The molecule has 1 saturated heterocycles. The molecule has 0 aliphatic carbocycles. The van der Waals surface area contributed by atoms with E-state index in [1.807, 2.05) is 6.08 Å². The predicted octanol–water partition coefficient (Wildman–Crippen LogP) is 2.91. The van der Waals surface area contributed by atoms with Crippen LogP contribution in [0.25, 0.3) is 0 Å². The predicted molar refractivity (Wildman–Crippen MR) is 78.0 cm³/mol. The van der Waals surface area contributed by atoms with E-state index in [-0.39, 0.29) is 18.8 Å². The van der Waals surface area contributed by atoms with Crippen LogP contribution >= 0.6 is 0 Å². The summed E-state index contributed by atoms with van der Waals surface area (Å²) in [5.74, 6) is 1.14. The Bertz CT molecular complexity index is 263. The monoisotopic (exact) mass is 270 g/mol. The molecule has 3 nitrogen and oxygen atoms in total. The van der Waals surface area contributed by atoms with Crippen molar-refractivity contribution < 1.29 is 14.9 Å². The van der Waals surface area contributed by atoms with Gasteiger partial charge in [0.1, 0.15) is 0 Å². The second-order valence-corrected chi connectivity index (χ2v) is 6.22. The molecule has 0 spiro atoms. The van der Waals surface area contributed by atoms with Crippen molar-refractivity contribution in [2.75, 3.05) is 6.61 Å². The Kier molecular flexibility index (Phi) is 7.66. The molecule has 0 aromatic carbocycles. The van der Waals surface area contributed by atoms with E-state index >= 15 is 0 Å². The highest BCUT2D eigenvalue weighted by molar-refractivity contribution is 4.91. The molecule has 0 aromatic rings. The van der Waals surface area contributed by atoms with Gasteiger partial charge in [0.2, 0.25) is 0 Å². The summed E-state index contributed by atoms with van der Waals surface area (Å²) < 4.78 is 5.98. The third-order valence-corrected chi connectivity index (χ3v) is 3.83. The molecule has 4 atom stereocenters. The maximum absolute atomic E-state index is 9.98. The molecule has 0 unspecified atom stereocenters. The Labute approximate surface area is 117 Å². The number of rotatable bonds is 7. The van der Waals surface area contributed by atoms with Crippen LogP contribution in [0.1, 0.15) is 52.9 Å². The summed E-state index contributed by atoms with van der Waals surface area (Å²) in [7, 11) is 0. The minimum absolute atomic E-state index is 0.131. The SMILES string of the molecule is CC(C)C/C=C/[C@H](O)C[C@@H]1CC[C@H](C)[C@@H](CCO)O1. The topological polar surface area (TPSA) is 49.7 Å². The molecule has 2 N–H and O–H groups in total. The first-order chi connectivity index (χ1) is 9.02. The van der Waals surface area contributed by atoms with Crippen LogP contribution in [0.5, 0.6) is 0 Å². The van der Waals surface area contributed by atoms with Crippen LogP contribution in [0.4, 0.5) is 0 Å². The van der Waals surface area contributed by atoms with Crippen molar-refractivity contribution in [3.05, 3.63) is 12.2 Å². The molecular formula is C16H30O3. The molecule has 1 fully saturated rings. The Morgan fingerprint density at radius 1 is 1.32 bits per heavy atom. The standard InChI is InChI=1S/C16H30O3/c1-12(2)5-4-6-14(18)11-15-8-7-13(3)16(19-15)9-10-17/h4,6,12-18H,5,7-11H2,1-3H3/b6-4+/t13-,14-,15-,16+/m0/s1. The van der Waals surface area contributed by atoms with Crippen LogP contribution in [-0.4, -0.2) is 35.1 Å². The van der Waals surface area contributed by atoms with Crippen molar-refractivity contribution in [2.45, 2.75) is 71.2 Å². The fourth-order valence-corrected chi connectivity index (χ4v) is 2.59. The molecule has 0 amide bonds. The average Bonchev–Trinajstić information content (AvgIpc) is 2.33. The van der Waals surface area contributed by atoms with Gasteiger partial charge >= 0.3 is 0 Å². The van der Waals surface area contributed by atoms with Gasteiger partial charge in [-0.1, -0.05) is 32.9 Å². The highest BCUT2D eigenvalue weighted by atomic mass is 16.5. The lowest BCUT2D eigenvalue weighted by Gasteiger charge is -2.35. The zero-order chi connectivity index (χ0) is 14.3. The van der Waals surface area contributed by atoms with Crippen LogP contribution in [-0.2, 0) is 4.74 Å². The zero-order valence-electron chi connectivity index (χ0n) is 12.6. The van der Waals surface area contributed by atoms with E-state index in [1.54, 1.807) is 0 Å². The second kappa shape index (κ2) is 8.72. The number of hydrogen-bond donors (Lipinski definition) is 2. The van der Waals surface area contributed by atoms with Crippen molar-refractivity contribution in [1.29, 1.82) is 0 Å². The smallest absolute Gasteiger partial charge is 0.0745 e. The maximum atomic E-state index is 9.98. The first kappa shape index (κ1) is 16.7. The average molecular weight is 270 g/mol. The summed E-state index contributed by atoms with van der Waals surface area (Å²) in [6.07, 6.45) is 8.34. The highest BCUT2D eigenvalue weighted by Gasteiger charge is 2.28. The fraction of sp³-hybridized carbons (Fsp3) is 0.875. The number of aliphatic hydroxyl groups is 2. The number of aliphatic hydroxyl groups excluding tert-OH is 2. The largest absolute Gasteiger partial charge is 0.396 e. The molecule has 1 aliphatic rings. The molecule has 112 valence electrons. The molecule has 1 rings (SSSR count). The lowest BCUT2D eigenvalue weighted by atomic mass is 9.90. The molecule has 19 heavy (non-hydrogen) atoms. The van der Waals surface area contributed by atoms with Gasteiger partial charge in [0, 0.05) is 13.0 Å². The normalized spacial score (nSPS) is 30.1. The van der Waals surface area contributed by atoms with Crippen molar-refractivity contribution >= 4 is 0 Å². The van der Waals surface area contributed by atoms with Crippen LogP contribution in [0, 0.1) is 11.8 Å². The molecule has 1 aliphatic heterocycles. The van der Waals surface area contributed by atoms with E-state index < -0.39 is 6.10 Å². The van der Waals surface area contributed by atoms with Gasteiger partial charge in [-0.3, -0.25) is 0 Å². The van der Waals surface area contributed by atoms with Crippen molar-refractivity contribution in [3.63, 3.8) is 0 Å². The van der Waals surface area contributed by atoms with Gasteiger partial charge in [0.15, 0.2) is 0 Å². The third-order valence-electron chi connectivity index (χ3n) is 3.83. The van der Waals surface area contributed by atoms with E-state index in [4.69, 9.17) is 9.84 Å². The Morgan fingerprint density at radius 2 is 2.05 bits per heavy atom. The Hall–Kier alpha value is -0.380. The maximum Gasteiger partial charge on any atom is 0.0745 e. The quantitative estimate of drug-likeness (QED) is 0.699.